The van der Waals surface area contributed by atoms with E-state index in [0.29, 0.717) is 34.7 Å². The minimum Gasteiger partial charge on any atom is -0.508 e. The number of benzene rings is 2. The normalized spacial score (nSPS) is 21.1. The molecule has 11 heteroatoms. The fourth-order valence-electron chi connectivity index (χ4n) is 6.47. The van der Waals surface area contributed by atoms with Crippen molar-refractivity contribution in [2.75, 3.05) is 11.5 Å². The van der Waals surface area contributed by atoms with Crippen LogP contribution >= 0.6 is 11.6 Å². The van der Waals surface area contributed by atoms with Crippen LogP contribution in [0.15, 0.2) is 78.0 Å². The van der Waals surface area contributed by atoms with Crippen molar-refractivity contribution in [1.82, 2.24) is 4.98 Å². The highest BCUT2D eigenvalue weighted by Crippen LogP contribution is 2.48. The highest BCUT2D eigenvalue weighted by atomic mass is 35.5. The van der Waals surface area contributed by atoms with E-state index in [0.717, 1.165) is 16.0 Å². The van der Waals surface area contributed by atoms with Crippen LogP contribution in [-0.2, 0) is 9.59 Å². The Kier molecular flexibility index (Phi) is 9.67. The molecule has 0 spiro atoms. The van der Waals surface area contributed by atoms with E-state index in [1.807, 2.05) is 25.1 Å². The number of amides is 2. The van der Waals surface area contributed by atoms with E-state index in [-0.39, 0.29) is 29.7 Å². The van der Waals surface area contributed by atoms with Gasteiger partial charge in [0.1, 0.15) is 5.75 Å². The zero-order valence-corrected chi connectivity index (χ0v) is 24.9. The van der Waals surface area contributed by atoms with Gasteiger partial charge in [-0.3, -0.25) is 19.5 Å². The van der Waals surface area contributed by atoms with Crippen molar-refractivity contribution in [2.24, 2.45) is 17.8 Å². The van der Waals surface area contributed by atoms with E-state index in [1.54, 1.807) is 30.5 Å². The van der Waals surface area contributed by atoms with Crippen LogP contribution in [0, 0.1) is 17.8 Å². The number of rotatable bonds is 10. The van der Waals surface area contributed by atoms with E-state index in [2.05, 4.69) is 4.98 Å². The van der Waals surface area contributed by atoms with Crippen molar-refractivity contribution >= 4 is 53.3 Å². The number of hydrogen-bond donors (Lipinski definition) is 5. The van der Waals surface area contributed by atoms with Gasteiger partial charge in [0.05, 0.1) is 41.0 Å². The molecule has 0 saturated carbocycles. The molecule has 44 heavy (non-hydrogen) atoms. The number of imide groups is 1. The van der Waals surface area contributed by atoms with Crippen molar-refractivity contribution in [3.8, 4) is 5.75 Å². The molecule has 4 atom stereocenters. The van der Waals surface area contributed by atoms with Crippen LogP contribution in [0.4, 0.5) is 5.69 Å². The summed E-state index contributed by atoms with van der Waals surface area (Å²) < 4.78 is 0. The first-order valence-corrected chi connectivity index (χ1v) is 15.0. The molecule has 1 aromatic heterocycles. The number of allylic oxidation sites excluding steroid dienone is 2. The molecule has 1 aliphatic heterocycles. The summed E-state index contributed by atoms with van der Waals surface area (Å²) in [5.41, 5.74) is 3.97. The number of aliphatic hydroxyl groups excluding tert-OH is 2. The van der Waals surface area contributed by atoms with E-state index in [9.17, 15) is 35.0 Å². The van der Waals surface area contributed by atoms with Crippen LogP contribution in [0.1, 0.15) is 43.9 Å². The van der Waals surface area contributed by atoms with Gasteiger partial charge in [-0.15, -0.1) is 0 Å². The van der Waals surface area contributed by atoms with Gasteiger partial charge in [0.15, 0.2) is 0 Å². The second-order valence-corrected chi connectivity index (χ2v) is 11.6. The quantitative estimate of drug-likeness (QED) is 0.132. The topological polar surface area (TPSA) is 151 Å². The minimum atomic E-state index is -1.76. The summed E-state index contributed by atoms with van der Waals surface area (Å²) in [6.45, 7) is 1.50. The molecular weight excluding hydrogens is 583 g/mol. The number of aromatic hydroxyl groups is 1. The standard InChI is InChI=1S/C33H34BClN2O7/c1-2-19-15-25-31(33(42)37(32(25)41)23-7-5-6-22(16-23)34(43)44)26(18-38)30(19)29(40)12-10-21(28-8-3-4-13-36-28)14-20-9-11-24(39)17-27(20)35/h3-9,11,13-14,16-17,25-26,29,31,38-40,43-44H,2,10,12,15,18H2,1H3/b21-14-/t25-,26+,29-,31-/m1/s1. The summed E-state index contributed by atoms with van der Waals surface area (Å²) in [4.78, 5) is 32.9. The molecule has 2 heterocycles. The minimum absolute atomic E-state index is 0.0452. The fraction of sp³-hybridized carbons (Fsp3) is 0.303. The van der Waals surface area contributed by atoms with Gasteiger partial charge in [-0.25, -0.2) is 0 Å². The third-order valence-electron chi connectivity index (χ3n) is 8.59. The van der Waals surface area contributed by atoms with Crippen LogP contribution < -0.4 is 10.4 Å². The molecule has 9 nitrogen and oxygen atoms in total. The molecule has 2 amide bonds. The molecule has 1 saturated heterocycles. The predicted octanol–water partition coefficient (Wildman–Crippen LogP) is 3.33. The van der Waals surface area contributed by atoms with Gasteiger partial charge in [-0.2, -0.15) is 0 Å². The number of hydrogen-bond acceptors (Lipinski definition) is 8. The Morgan fingerprint density at radius 2 is 1.91 bits per heavy atom. The summed E-state index contributed by atoms with van der Waals surface area (Å²) in [6, 6.07) is 16.2. The molecule has 0 bridgehead atoms. The lowest BCUT2D eigenvalue weighted by atomic mass is 9.67. The predicted molar refractivity (Wildman–Crippen MR) is 169 cm³/mol. The number of carbonyl (C=O) groups is 2. The van der Waals surface area contributed by atoms with Gasteiger partial charge in [0.25, 0.3) is 0 Å². The molecule has 0 unspecified atom stereocenters. The maximum absolute atomic E-state index is 13.8. The van der Waals surface area contributed by atoms with E-state index in [4.69, 9.17) is 11.6 Å². The number of phenols is 1. The summed E-state index contributed by atoms with van der Waals surface area (Å²) >= 11 is 6.38. The van der Waals surface area contributed by atoms with Crippen LogP contribution in [0.25, 0.3) is 11.6 Å². The van der Waals surface area contributed by atoms with Crippen molar-refractivity contribution in [1.29, 1.82) is 0 Å². The van der Waals surface area contributed by atoms with Crippen molar-refractivity contribution in [2.45, 2.75) is 38.7 Å². The molecule has 3 aromatic rings. The zero-order chi connectivity index (χ0) is 31.5. The number of pyridine rings is 1. The number of fused-ring (bicyclic) bond motifs is 1. The molecule has 5 N–H and O–H groups in total. The average Bonchev–Trinajstić information content (AvgIpc) is 3.28. The van der Waals surface area contributed by atoms with Gasteiger partial charge in [0.2, 0.25) is 11.8 Å². The highest BCUT2D eigenvalue weighted by molar-refractivity contribution is 6.58. The van der Waals surface area contributed by atoms with Crippen molar-refractivity contribution in [3.63, 3.8) is 0 Å². The maximum atomic E-state index is 13.8. The lowest BCUT2D eigenvalue weighted by Gasteiger charge is -2.36. The number of halogens is 1. The summed E-state index contributed by atoms with van der Waals surface area (Å²) in [7, 11) is -1.76. The fourth-order valence-corrected chi connectivity index (χ4v) is 6.70. The number of aliphatic hydroxyl groups is 2. The Morgan fingerprint density at radius 1 is 1.11 bits per heavy atom. The Hall–Kier alpha value is -3.80. The third kappa shape index (κ3) is 6.22. The van der Waals surface area contributed by atoms with Gasteiger partial charge < -0.3 is 25.4 Å². The van der Waals surface area contributed by atoms with Crippen LogP contribution in [-0.4, -0.2) is 62.0 Å². The molecule has 228 valence electrons. The van der Waals surface area contributed by atoms with Crippen LogP contribution in [0.3, 0.4) is 0 Å². The highest BCUT2D eigenvalue weighted by Gasteiger charge is 2.55. The Morgan fingerprint density at radius 3 is 2.57 bits per heavy atom. The van der Waals surface area contributed by atoms with Gasteiger partial charge >= 0.3 is 7.12 Å². The Bertz CT molecular complexity index is 1610. The van der Waals surface area contributed by atoms with Crippen LogP contribution in [0.5, 0.6) is 5.75 Å². The monoisotopic (exact) mass is 616 g/mol. The lowest BCUT2D eigenvalue weighted by Crippen LogP contribution is -2.39. The number of carbonyl (C=O) groups excluding carboxylic acids is 2. The first kappa shape index (κ1) is 31.6. The molecule has 2 aromatic carbocycles. The van der Waals surface area contributed by atoms with Crippen molar-refractivity contribution in [3.05, 3.63) is 94.3 Å². The number of aromatic nitrogens is 1. The Labute approximate surface area is 260 Å². The van der Waals surface area contributed by atoms with Crippen LogP contribution in [0.2, 0.25) is 5.02 Å². The summed E-state index contributed by atoms with van der Waals surface area (Å²) in [5, 5.41) is 51.6. The Balaban J connectivity index is 1.44. The molecule has 5 rings (SSSR count). The van der Waals surface area contributed by atoms with Gasteiger partial charge in [-0.05, 0) is 96.4 Å². The van der Waals surface area contributed by atoms with E-state index >= 15 is 0 Å². The third-order valence-corrected chi connectivity index (χ3v) is 8.92. The SMILES string of the molecule is CCC1=C([C@H](O)CC/C(=C/c2ccc(O)cc2Cl)c2ccccn2)[C@H](CO)[C@@H]2C(=O)N(c3cccc(B(O)O)c3)C(=O)[C@@H]2C1. The molecule has 1 fully saturated rings. The maximum Gasteiger partial charge on any atom is 0.488 e. The number of anilines is 1. The number of nitrogens with zero attached hydrogens (tertiary/aromatic N) is 2. The smallest absolute Gasteiger partial charge is 0.488 e. The average molecular weight is 617 g/mol. The second kappa shape index (κ2) is 13.5. The first-order chi connectivity index (χ1) is 21.1. The lowest BCUT2D eigenvalue weighted by molar-refractivity contribution is -0.123. The van der Waals surface area contributed by atoms with E-state index in [1.165, 1.54) is 24.3 Å². The second-order valence-electron chi connectivity index (χ2n) is 11.2. The largest absolute Gasteiger partial charge is 0.508 e. The molecular formula is C33H34BClN2O7. The molecule has 2 aliphatic rings. The van der Waals surface area contributed by atoms with Crippen molar-refractivity contribution < 1.29 is 35.0 Å². The first-order valence-electron chi connectivity index (χ1n) is 14.6. The van der Waals surface area contributed by atoms with E-state index < -0.39 is 49.4 Å². The van der Waals surface area contributed by atoms with Gasteiger partial charge in [-0.1, -0.05) is 42.3 Å². The van der Waals surface area contributed by atoms with Gasteiger partial charge in [0, 0.05) is 12.1 Å². The zero-order valence-electron chi connectivity index (χ0n) is 24.2. The molecule has 1 aliphatic carbocycles. The number of phenolic OH excluding ortho intramolecular Hbond substituents is 1. The summed E-state index contributed by atoms with van der Waals surface area (Å²) in [5.74, 6) is -3.18. The molecule has 0 radical (unpaired) electrons. The summed E-state index contributed by atoms with van der Waals surface area (Å²) in [6.07, 6.45) is 3.98.